The zero-order chi connectivity index (χ0) is 19.6. The summed E-state index contributed by atoms with van der Waals surface area (Å²) in [5.74, 6) is 1.59. The van der Waals surface area contributed by atoms with E-state index < -0.39 is 0 Å². The third-order valence-corrected chi connectivity index (χ3v) is 7.08. The van der Waals surface area contributed by atoms with Crippen LogP contribution in [0.15, 0.2) is 29.6 Å². The van der Waals surface area contributed by atoms with Gasteiger partial charge in [0.25, 0.3) is 0 Å². The topological polar surface area (TPSA) is 54.0 Å². The van der Waals surface area contributed by atoms with Crippen molar-refractivity contribution in [3.05, 3.63) is 45.6 Å². The van der Waals surface area contributed by atoms with Gasteiger partial charge >= 0.3 is 6.03 Å². The fraction of sp³-hybridized carbons (Fsp3) is 0.500. The van der Waals surface area contributed by atoms with E-state index in [0.29, 0.717) is 19.8 Å². The average molecular weight is 414 g/mol. The van der Waals surface area contributed by atoms with Gasteiger partial charge in [0.1, 0.15) is 13.2 Å². The van der Waals surface area contributed by atoms with E-state index in [2.05, 4.69) is 27.7 Å². The van der Waals surface area contributed by atoms with Crippen molar-refractivity contribution >= 4 is 17.4 Å². The number of carbonyl (C=O) groups excluding carboxylic acids is 1. The summed E-state index contributed by atoms with van der Waals surface area (Å²) >= 11 is 1.86. The van der Waals surface area contributed by atoms with Crippen LogP contribution in [-0.2, 0) is 13.0 Å². The van der Waals surface area contributed by atoms with E-state index in [4.69, 9.17) is 9.47 Å². The number of likely N-dealkylation sites (tertiary alicyclic amines) is 1. The minimum absolute atomic E-state index is 0.0376. The molecule has 6 nitrogen and oxygen atoms in total. The Hall–Kier alpha value is -2.25. The number of nitrogens with one attached hydrogen (secondary N) is 1. The first-order valence-electron chi connectivity index (χ1n) is 10.5. The van der Waals surface area contributed by atoms with Crippen molar-refractivity contribution in [2.45, 2.75) is 31.8 Å². The fourth-order valence-corrected chi connectivity index (χ4v) is 5.43. The first-order valence-corrected chi connectivity index (χ1v) is 11.4. The number of hydrogen-bond donors (Lipinski definition) is 1. The van der Waals surface area contributed by atoms with Crippen LogP contribution in [0.2, 0.25) is 0 Å². The molecule has 2 amide bonds. The zero-order valence-corrected chi connectivity index (χ0v) is 17.4. The predicted molar refractivity (Wildman–Crippen MR) is 113 cm³/mol. The molecule has 1 aromatic carbocycles. The van der Waals surface area contributed by atoms with E-state index in [0.717, 1.165) is 62.5 Å². The molecule has 3 aliphatic rings. The molecule has 154 valence electrons. The van der Waals surface area contributed by atoms with Crippen molar-refractivity contribution < 1.29 is 14.3 Å². The average Bonchev–Trinajstić information content (AvgIpc) is 3.42. The molecular weight excluding hydrogens is 386 g/mol. The van der Waals surface area contributed by atoms with Crippen molar-refractivity contribution in [2.75, 3.05) is 39.4 Å². The van der Waals surface area contributed by atoms with Crippen LogP contribution in [0.25, 0.3) is 0 Å². The number of rotatable bonds is 4. The van der Waals surface area contributed by atoms with E-state index >= 15 is 0 Å². The van der Waals surface area contributed by atoms with Gasteiger partial charge in [0.15, 0.2) is 11.5 Å². The van der Waals surface area contributed by atoms with E-state index in [9.17, 15) is 4.79 Å². The molecule has 5 rings (SSSR count). The Kier molecular flexibility index (Phi) is 5.33. The molecule has 29 heavy (non-hydrogen) atoms. The summed E-state index contributed by atoms with van der Waals surface area (Å²) in [7, 11) is 0. The molecule has 1 fully saturated rings. The Bertz CT molecular complexity index is 884. The molecular formula is C22H27N3O3S. The summed E-state index contributed by atoms with van der Waals surface area (Å²) in [5, 5.41) is 5.33. The van der Waals surface area contributed by atoms with Gasteiger partial charge in [0.05, 0.1) is 6.04 Å². The van der Waals surface area contributed by atoms with Gasteiger partial charge in [-0.2, -0.15) is 0 Å². The van der Waals surface area contributed by atoms with Crippen LogP contribution in [0.1, 0.15) is 34.9 Å². The summed E-state index contributed by atoms with van der Waals surface area (Å²) in [4.78, 5) is 18.8. The number of benzene rings is 1. The number of urea groups is 1. The largest absolute Gasteiger partial charge is 0.486 e. The lowest BCUT2D eigenvalue weighted by Crippen LogP contribution is -2.43. The number of ether oxygens (including phenoxy) is 2. The number of nitrogens with zero attached hydrogens (tertiary/aromatic N) is 2. The van der Waals surface area contributed by atoms with Gasteiger partial charge in [-0.15, -0.1) is 11.3 Å². The van der Waals surface area contributed by atoms with E-state index in [1.165, 1.54) is 10.4 Å². The van der Waals surface area contributed by atoms with E-state index in [1.807, 2.05) is 28.4 Å². The van der Waals surface area contributed by atoms with Crippen LogP contribution in [0.3, 0.4) is 0 Å². The molecule has 7 heteroatoms. The fourth-order valence-electron chi connectivity index (χ4n) is 4.54. The quantitative estimate of drug-likeness (QED) is 0.835. The molecule has 2 aromatic rings. The van der Waals surface area contributed by atoms with Gasteiger partial charge in [0.2, 0.25) is 0 Å². The molecule has 1 N–H and O–H groups in total. The van der Waals surface area contributed by atoms with Crippen molar-refractivity contribution in [1.29, 1.82) is 0 Å². The lowest BCUT2D eigenvalue weighted by molar-refractivity contribution is 0.170. The summed E-state index contributed by atoms with van der Waals surface area (Å²) in [6, 6.07) is 8.44. The van der Waals surface area contributed by atoms with Crippen molar-refractivity contribution in [3.63, 3.8) is 0 Å². The maximum atomic E-state index is 12.9. The summed E-state index contributed by atoms with van der Waals surface area (Å²) in [5.41, 5.74) is 2.58. The molecule has 0 radical (unpaired) electrons. The minimum atomic E-state index is 0.0376. The Morgan fingerprint density at radius 1 is 1.17 bits per heavy atom. The SMILES string of the molecule is O=C(NCCN1CCc2sccc2C1)N1CCCC1c1ccc2c(c1)OCCO2. The molecule has 1 unspecified atom stereocenters. The zero-order valence-electron chi connectivity index (χ0n) is 16.6. The number of hydrogen-bond acceptors (Lipinski definition) is 5. The second-order valence-electron chi connectivity index (χ2n) is 7.88. The van der Waals surface area contributed by atoms with Crippen molar-refractivity contribution in [3.8, 4) is 11.5 Å². The molecule has 4 heterocycles. The van der Waals surface area contributed by atoms with E-state index in [-0.39, 0.29) is 12.1 Å². The molecule has 1 aromatic heterocycles. The highest BCUT2D eigenvalue weighted by Gasteiger charge is 2.31. The first-order chi connectivity index (χ1) is 14.3. The smallest absolute Gasteiger partial charge is 0.317 e. The van der Waals surface area contributed by atoms with E-state index in [1.54, 1.807) is 0 Å². The summed E-state index contributed by atoms with van der Waals surface area (Å²) in [6.45, 7) is 5.62. The molecule has 1 saturated heterocycles. The Balaban J connectivity index is 1.16. The first kappa shape index (κ1) is 18.8. The lowest BCUT2D eigenvalue weighted by Gasteiger charge is -2.29. The third kappa shape index (κ3) is 3.94. The van der Waals surface area contributed by atoms with Crippen LogP contribution in [0, 0.1) is 0 Å². The van der Waals surface area contributed by atoms with Crippen molar-refractivity contribution in [1.82, 2.24) is 15.1 Å². The number of thiophene rings is 1. The van der Waals surface area contributed by atoms with Crippen LogP contribution >= 0.6 is 11.3 Å². The number of amides is 2. The monoisotopic (exact) mass is 413 g/mol. The molecule has 1 atom stereocenters. The highest BCUT2D eigenvalue weighted by atomic mass is 32.1. The number of fused-ring (bicyclic) bond motifs is 2. The Morgan fingerprint density at radius 2 is 2.07 bits per heavy atom. The maximum Gasteiger partial charge on any atom is 0.317 e. The van der Waals surface area contributed by atoms with Gasteiger partial charge in [-0.25, -0.2) is 4.79 Å². The summed E-state index contributed by atoms with van der Waals surface area (Å²) < 4.78 is 11.3. The van der Waals surface area contributed by atoms with Crippen LogP contribution in [0.4, 0.5) is 4.79 Å². The maximum absolute atomic E-state index is 12.9. The molecule has 0 bridgehead atoms. The second kappa shape index (κ2) is 8.24. The Morgan fingerprint density at radius 3 is 3.00 bits per heavy atom. The predicted octanol–water partition coefficient (Wildman–Crippen LogP) is 3.42. The standard InChI is InChI=1S/C22H27N3O3S/c26-22(23-7-10-24-9-5-21-17(15-24)6-13-29-21)25-8-1-2-18(25)16-3-4-19-20(14-16)28-12-11-27-19/h3-4,6,13-14,18H,1-2,5,7-12,15H2,(H,23,26). The van der Waals surface area contributed by atoms with Crippen LogP contribution in [0.5, 0.6) is 11.5 Å². The van der Waals surface area contributed by atoms with Gasteiger partial charge in [-0.3, -0.25) is 4.90 Å². The van der Waals surface area contributed by atoms with Gasteiger partial charge in [-0.1, -0.05) is 6.07 Å². The highest BCUT2D eigenvalue weighted by molar-refractivity contribution is 7.10. The highest BCUT2D eigenvalue weighted by Crippen LogP contribution is 2.38. The summed E-state index contributed by atoms with van der Waals surface area (Å²) in [6.07, 6.45) is 3.14. The second-order valence-corrected chi connectivity index (χ2v) is 8.88. The van der Waals surface area contributed by atoms with Gasteiger partial charge in [0, 0.05) is 37.6 Å². The lowest BCUT2D eigenvalue weighted by atomic mass is 10.0. The van der Waals surface area contributed by atoms with Crippen molar-refractivity contribution in [2.24, 2.45) is 0 Å². The van der Waals surface area contributed by atoms with Crippen LogP contribution < -0.4 is 14.8 Å². The van der Waals surface area contributed by atoms with Gasteiger partial charge < -0.3 is 19.7 Å². The molecule has 0 spiro atoms. The molecule has 3 aliphatic heterocycles. The molecule has 0 aliphatic carbocycles. The number of carbonyl (C=O) groups is 1. The molecule has 0 saturated carbocycles. The normalized spacial score (nSPS) is 21.1. The Labute approximate surface area is 175 Å². The minimum Gasteiger partial charge on any atom is -0.486 e. The van der Waals surface area contributed by atoms with Gasteiger partial charge in [-0.05, 0) is 54.0 Å². The third-order valence-electron chi connectivity index (χ3n) is 6.06. The van der Waals surface area contributed by atoms with Crippen LogP contribution in [-0.4, -0.2) is 55.2 Å².